The predicted molar refractivity (Wildman–Crippen MR) is 143 cm³/mol. The Kier molecular flexibility index (Phi) is 10.1. The first-order valence-electron chi connectivity index (χ1n) is 13.4. The van der Waals surface area contributed by atoms with Crippen molar-refractivity contribution >= 4 is 27.7 Å². The molecule has 1 heterocycles. The van der Waals surface area contributed by atoms with E-state index in [1.54, 1.807) is 13.8 Å². The van der Waals surface area contributed by atoms with Crippen molar-refractivity contribution in [3.8, 4) is 0 Å². The third-order valence-corrected chi connectivity index (χ3v) is 9.82. The number of hydrogen-bond acceptors (Lipinski definition) is 8. The van der Waals surface area contributed by atoms with Crippen molar-refractivity contribution < 1.29 is 37.9 Å². The zero-order chi connectivity index (χ0) is 28.8. The Morgan fingerprint density at radius 2 is 1.79 bits per heavy atom. The first kappa shape index (κ1) is 31.0. The number of hydrogen-bond donors (Lipinski definition) is 3. The van der Waals surface area contributed by atoms with Crippen LogP contribution in [0.4, 0.5) is 4.79 Å². The second kappa shape index (κ2) is 12.8. The molecule has 0 radical (unpaired) electrons. The van der Waals surface area contributed by atoms with Gasteiger partial charge in [-0.2, -0.15) is 0 Å². The Hall–Kier alpha value is -2.54. The van der Waals surface area contributed by atoms with E-state index in [1.807, 2.05) is 18.2 Å². The molecular weight excluding hydrogens is 526 g/mol. The summed E-state index contributed by atoms with van der Waals surface area (Å²) in [7, 11) is -2.16. The lowest BCUT2D eigenvalue weighted by Crippen LogP contribution is -2.41. The number of ether oxygens (including phenoxy) is 1. The molecule has 0 spiro atoms. The highest BCUT2D eigenvalue weighted by molar-refractivity contribution is 7.91. The van der Waals surface area contributed by atoms with Gasteiger partial charge in [-0.15, -0.1) is 0 Å². The molecule has 12 heteroatoms. The maximum atomic E-state index is 12.7. The van der Waals surface area contributed by atoms with E-state index in [9.17, 15) is 27.9 Å². The number of imide groups is 1. The molecule has 4 amide bonds. The first-order valence-corrected chi connectivity index (χ1v) is 15.3. The molecule has 0 bridgehead atoms. The smallest absolute Gasteiger partial charge is 0.327 e. The fraction of sp³-hybridized carbons (Fsp3) is 0.667. The summed E-state index contributed by atoms with van der Waals surface area (Å²) in [6, 6.07) is 9.67. The molecule has 218 valence electrons. The Labute approximate surface area is 230 Å². The van der Waals surface area contributed by atoms with Crippen molar-refractivity contribution in [3.63, 3.8) is 0 Å². The minimum Gasteiger partial charge on any atom is -0.365 e. The standard InChI is InChI=1S/C27H41N3O8S/c1-26(2)24(32)30(25(33)29(26)3)16-7-11-22(23(31)28-35)19-39(36,37)18-8-17-38-27(34)14-12-21(13-15-27)20-9-5-4-6-10-20/h4-6,9-10,21-22,34-35H,7-8,11-19H2,1-3H3,(H,28,31). The molecule has 3 N–H and O–H groups in total. The number of urea groups is 1. The zero-order valence-corrected chi connectivity index (χ0v) is 23.8. The number of sulfone groups is 1. The number of carbonyl (C=O) groups is 3. The molecule has 11 nitrogen and oxygen atoms in total. The number of hydroxylamine groups is 1. The number of amides is 4. The lowest BCUT2D eigenvalue weighted by Gasteiger charge is -2.36. The fourth-order valence-electron chi connectivity index (χ4n) is 5.26. The van der Waals surface area contributed by atoms with Crippen LogP contribution in [-0.2, 0) is 24.2 Å². The van der Waals surface area contributed by atoms with Gasteiger partial charge >= 0.3 is 6.03 Å². The summed E-state index contributed by atoms with van der Waals surface area (Å²) in [6.45, 7) is 3.38. The number of nitrogens with zero attached hydrogens (tertiary/aromatic N) is 2. The van der Waals surface area contributed by atoms with Gasteiger partial charge in [0.1, 0.15) is 5.54 Å². The van der Waals surface area contributed by atoms with Crippen LogP contribution in [0.25, 0.3) is 0 Å². The van der Waals surface area contributed by atoms with E-state index in [4.69, 9.17) is 9.94 Å². The van der Waals surface area contributed by atoms with Crippen molar-refractivity contribution in [1.29, 1.82) is 0 Å². The monoisotopic (exact) mass is 567 g/mol. The van der Waals surface area contributed by atoms with Gasteiger partial charge in [-0.1, -0.05) is 30.3 Å². The van der Waals surface area contributed by atoms with Crippen LogP contribution in [0.1, 0.15) is 70.3 Å². The van der Waals surface area contributed by atoms with Gasteiger partial charge in [0.05, 0.1) is 24.0 Å². The number of nitrogens with one attached hydrogen (secondary N) is 1. The predicted octanol–water partition coefficient (Wildman–Crippen LogP) is 2.43. The minimum absolute atomic E-state index is 0.0399. The molecule has 39 heavy (non-hydrogen) atoms. The average Bonchev–Trinajstić information content (AvgIpc) is 3.05. The fourth-order valence-corrected chi connectivity index (χ4v) is 6.91. The van der Waals surface area contributed by atoms with Crippen molar-refractivity contribution in [2.45, 2.75) is 76.0 Å². The highest BCUT2D eigenvalue weighted by atomic mass is 32.2. The maximum Gasteiger partial charge on any atom is 0.327 e. The second-order valence-corrected chi connectivity index (χ2v) is 13.3. The van der Waals surface area contributed by atoms with Crippen LogP contribution in [-0.4, -0.2) is 89.4 Å². The summed E-state index contributed by atoms with van der Waals surface area (Å²) >= 11 is 0. The summed E-state index contributed by atoms with van der Waals surface area (Å²) in [5.74, 6) is -3.89. The van der Waals surface area contributed by atoms with E-state index >= 15 is 0 Å². The number of rotatable bonds is 13. The SMILES string of the molecule is CN1C(=O)N(CCCC(CS(=O)(=O)CCCOC2(O)CCC(c3ccccc3)CC2)C(=O)NO)C(=O)C1(C)C. The van der Waals surface area contributed by atoms with Crippen LogP contribution in [0, 0.1) is 5.92 Å². The molecule has 1 aromatic carbocycles. The van der Waals surface area contributed by atoms with E-state index in [0.717, 1.165) is 17.7 Å². The lowest BCUT2D eigenvalue weighted by atomic mass is 9.81. The molecule has 2 fully saturated rings. The molecule has 1 atom stereocenters. The van der Waals surface area contributed by atoms with Crippen LogP contribution < -0.4 is 5.48 Å². The van der Waals surface area contributed by atoms with Gasteiger partial charge in [0, 0.05) is 26.4 Å². The van der Waals surface area contributed by atoms with Crippen molar-refractivity contribution in [1.82, 2.24) is 15.3 Å². The third-order valence-electron chi connectivity index (χ3n) is 8.00. The maximum absolute atomic E-state index is 12.7. The van der Waals surface area contributed by atoms with Crippen LogP contribution >= 0.6 is 0 Å². The zero-order valence-electron chi connectivity index (χ0n) is 23.0. The van der Waals surface area contributed by atoms with Gasteiger partial charge < -0.3 is 14.7 Å². The van der Waals surface area contributed by atoms with Crippen molar-refractivity contribution in [2.24, 2.45) is 5.92 Å². The molecule has 0 aromatic heterocycles. The Bertz CT molecular complexity index is 1120. The number of likely N-dealkylation sites (N-methyl/N-ethyl adjacent to an activating group) is 1. The molecule has 1 aliphatic heterocycles. The van der Waals surface area contributed by atoms with E-state index in [-0.39, 0.29) is 44.1 Å². The summed E-state index contributed by atoms with van der Waals surface area (Å²) < 4.78 is 31.2. The van der Waals surface area contributed by atoms with E-state index in [2.05, 4.69) is 12.1 Å². The third kappa shape index (κ3) is 7.77. The normalized spacial score (nSPS) is 24.2. The largest absolute Gasteiger partial charge is 0.365 e. The van der Waals surface area contributed by atoms with Crippen LogP contribution in [0.3, 0.4) is 0 Å². The van der Waals surface area contributed by atoms with Crippen LogP contribution in [0.5, 0.6) is 0 Å². The Balaban J connectivity index is 1.43. The Morgan fingerprint density at radius 1 is 1.15 bits per heavy atom. The summed E-state index contributed by atoms with van der Waals surface area (Å²) in [5.41, 5.74) is 1.78. The molecular formula is C27H41N3O8S. The van der Waals surface area contributed by atoms with Crippen molar-refractivity contribution in [2.75, 3.05) is 31.7 Å². The van der Waals surface area contributed by atoms with Gasteiger partial charge in [-0.3, -0.25) is 19.7 Å². The van der Waals surface area contributed by atoms with Gasteiger partial charge in [0.25, 0.3) is 5.91 Å². The lowest BCUT2D eigenvalue weighted by molar-refractivity contribution is -0.221. The van der Waals surface area contributed by atoms with Crippen molar-refractivity contribution in [3.05, 3.63) is 35.9 Å². The summed E-state index contributed by atoms with van der Waals surface area (Å²) in [6.07, 6.45) is 2.90. The van der Waals surface area contributed by atoms with Gasteiger partial charge in [0.15, 0.2) is 15.6 Å². The number of aliphatic hydroxyl groups is 1. The summed E-state index contributed by atoms with van der Waals surface area (Å²) in [4.78, 5) is 39.5. The second-order valence-electron chi connectivity index (χ2n) is 11.1. The molecule has 3 rings (SSSR count). The van der Waals surface area contributed by atoms with Gasteiger partial charge in [-0.05, 0) is 57.4 Å². The number of benzene rings is 1. The van der Waals surface area contributed by atoms with Crippen LogP contribution in [0.15, 0.2) is 30.3 Å². The van der Waals surface area contributed by atoms with Crippen LogP contribution in [0.2, 0.25) is 0 Å². The van der Waals surface area contributed by atoms with E-state index < -0.39 is 44.8 Å². The van der Waals surface area contributed by atoms with Gasteiger partial charge in [-0.25, -0.2) is 18.7 Å². The molecule has 1 saturated carbocycles. The molecule has 1 aromatic rings. The molecule has 1 saturated heterocycles. The molecule has 2 aliphatic rings. The molecule has 1 unspecified atom stereocenters. The average molecular weight is 568 g/mol. The molecule has 1 aliphatic carbocycles. The minimum atomic E-state index is -3.69. The highest BCUT2D eigenvalue weighted by Gasteiger charge is 2.48. The summed E-state index contributed by atoms with van der Waals surface area (Å²) in [5, 5.41) is 19.9. The topological polar surface area (TPSA) is 154 Å². The number of carbonyl (C=O) groups excluding carboxylic acids is 3. The quantitative estimate of drug-likeness (QED) is 0.108. The van der Waals surface area contributed by atoms with E-state index in [1.165, 1.54) is 23.0 Å². The van der Waals surface area contributed by atoms with Gasteiger partial charge in [0.2, 0.25) is 5.91 Å². The first-order chi connectivity index (χ1) is 18.3. The van der Waals surface area contributed by atoms with E-state index in [0.29, 0.717) is 18.8 Å². The highest BCUT2D eigenvalue weighted by Crippen LogP contribution is 2.38. The Morgan fingerprint density at radius 3 is 2.36 bits per heavy atom.